The van der Waals surface area contributed by atoms with Crippen LogP contribution in [0.2, 0.25) is 0 Å². The minimum Gasteiger partial charge on any atom is -0.399 e. The molecule has 1 aromatic carbocycles. The van der Waals surface area contributed by atoms with E-state index >= 15 is 0 Å². The van der Waals surface area contributed by atoms with Crippen LogP contribution in [0.15, 0.2) is 36.5 Å². The van der Waals surface area contributed by atoms with Crippen molar-refractivity contribution in [3.63, 3.8) is 0 Å². The largest absolute Gasteiger partial charge is 0.399 e. The number of nitrogen functional groups attached to an aromatic ring is 1. The molecule has 0 radical (unpaired) electrons. The molecule has 2 rings (SSSR count). The van der Waals surface area contributed by atoms with E-state index in [1.54, 1.807) is 0 Å². The summed E-state index contributed by atoms with van der Waals surface area (Å²) in [6.07, 6.45) is 2.84. The fraction of sp³-hybridized carbons (Fsp3) is 0.214. The molecule has 1 heterocycles. The van der Waals surface area contributed by atoms with Gasteiger partial charge in [0, 0.05) is 21.1 Å². The number of nitrogens with two attached hydrogens (primary N) is 1. The van der Waals surface area contributed by atoms with E-state index in [2.05, 4.69) is 45.9 Å². The molecule has 18 heavy (non-hydrogen) atoms. The number of anilines is 2. The van der Waals surface area contributed by atoms with Gasteiger partial charge in [-0.05, 0) is 58.8 Å². The molecule has 0 saturated heterocycles. The zero-order chi connectivity index (χ0) is 13.0. The average Bonchev–Trinajstić information content (AvgIpc) is 2.38. The van der Waals surface area contributed by atoms with Crippen molar-refractivity contribution in [2.45, 2.75) is 19.9 Å². The lowest BCUT2D eigenvalue weighted by Crippen LogP contribution is -2.06. The maximum atomic E-state index is 5.74. The molecule has 0 spiro atoms. The Bertz CT molecular complexity index is 540. The number of hydrogen-bond donors (Lipinski definition) is 2. The van der Waals surface area contributed by atoms with E-state index in [0.29, 0.717) is 0 Å². The molecule has 0 bridgehead atoms. The van der Waals surface area contributed by atoms with Crippen LogP contribution in [-0.4, -0.2) is 4.98 Å². The van der Waals surface area contributed by atoms with Crippen molar-refractivity contribution in [1.29, 1.82) is 0 Å². The van der Waals surface area contributed by atoms with Gasteiger partial charge in [0.15, 0.2) is 0 Å². The first-order valence-electron chi connectivity index (χ1n) is 5.92. The molecule has 0 amide bonds. The Morgan fingerprint density at radius 1 is 1.33 bits per heavy atom. The van der Waals surface area contributed by atoms with Crippen molar-refractivity contribution in [3.8, 4) is 0 Å². The number of rotatable bonds is 4. The van der Waals surface area contributed by atoms with Crippen LogP contribution in [0.5, 0.6) is 0 Å². The second-order valence-electron chi connectivity index (χ2n) is 4.06. The Kier molecular flexibility index (Phi) is 4.41. The average molecular weight is 353 g/mol. The van der Waals surface area contributed by atoms with E-state index in [-0.39, 0.29) is 0 Å². The van der Waals surface area contributed by atoms with Gasteiger partial charge in [-0.1, -0.05) is 13.0 Å². The molecule has 4 heteroatoms. The van der Waals surface area contributed by atoms with Crippen LogP contribution in [0, 0.1) is 3.57 Å². The van der Waals surface area contributed by atoms with E-state index in [1.165, 1.54) is 5.56 Å². The molecule has 0 aliphatic rings. The Hall–Kier alpha value is -1.30. The van der Waals surface area contributed by atoms with Gasteiger partial charge in [0.1, 0.15) is 0 Å². The molecule has 0 aliphatic carbocycles. The highest BCUT2D eigenvalue weighted by molar-refractivity contribution is 14.1. The van der Waals surface area contributed by atoms with Gasteiger partial charge in [0.05, 0.1) is 12.2 Å². The van der Waals surface area contributed by atoms with E-state index in [0.717, 1.165) is 33.6 Å². The Morgan fingerprint density at radius 2 is 2.17 bits per heavy atom. The zero-order valence-corrected chi connectivity index (χ0v) is 12.4. The van der Waals surface area contributed by atoms with Gasteiger partial charge >= 0.3 is 0 Å². The number of nitrogens with one attached hydrogen (secondary N) is 1. The summed E-state index contributed by atoms with van der Waals surface area (Å²) in [5, 5.41) is 3.41. The molecule has 0 unspecified atom stereocenters. The van der Waals surface area contributed by atoms with E-state index in [1.807, 2.05) is 30.5 Å². The minimum atomic E-state index is 0.740. The molecule has 2 aromatic rings. The molecule has 1 aromatic heterocycles. The molecular weight excluding hydrogens is 337 g/mol. The third kappa shape index (κ3) is 3.13. The van der Waals surface area contributed by atoms with E-state index < -0.39 is 0 Å². The van der Waals surface area contributed by atoms with E-state index in [9.17, 15) is 0 Å². The third-order valence-corrected chi connectivity index (χ3v) is 3.70. The van der Waals surface area contributed by atoms with Gasteiger partial charge in [0.2, 0.25) is 0 Å². The van der Waals surface area contributed by atoms with Crippen LogP contribution < -0.4 is 11.1 Å². The second-order valence-corrected chi connectivity index (χ2v) is 5.22. The van der Waals surface area contributed by atoms with Crippen LogP contribution in [0.1, 0.15) is 18.2 Å². The van der Waals surface area contributed by atoms with Crippen molar-refractivity contribution in [2.24, 2.45) is 0 Å². The van der Waals surface area contributed by atoms with Gasteiger partial charge in [-0.2, -0.15) is 0 Å². The highest BCUT2D eigenvalue weighted by Gasteiger charge is 2.03. The number of halogens is 1. The first kappa shape index (κ1) is 13.1. The summed E-state index contributed by atoms with van der Waals surface area (Å²) in [6, 6.07) is 9.98. The standard InChI is InChI=1S/C14H16IN3/c1-2-10-4-3-7-17-14(10)9-18-13-6-5-11(16)8-12(13)15/h3-8,18H,2,9,16H2,1H3. The molecule has 0 aliphatic heterocycles. The number of aryl methyl sites for hydroxylation is 1. The number of benzene rings is 1. The van der Waals surface area contributed by atoms with Crippen LogP contribution >= 0.6 is 22.6 Å². The summed E-state index contributed by atoms with van der Waals surface area (Å²) in [7, 11) is 0. The molecular formula is C14H16IN3. The topological polar surface area (TPSA) is 50.9 Å². The quantitative estimate of drug-likeness (QED) is 0.654. The molecule has 3 nitrogen and oxygen atoms in total. The summed E-state index contributed by atoms with van der Waals surface area (Å²) in [4.78, 5) is 4.42. The smallest absolute Gasteiger partial charge is 0.0626 e. The fourth-order valence-electron chi connectivity index (χ4n) is 1.81. The van der Waals surface area contributed by atoms with Crippen LogP contribution in [0.25, 0.3) is 0 Å². The maximum absolute atomic E-state index is 5.74. The zero-order valence-electron chi connectivity index (χ0n) is 10.3. The lowest BCUT2D eigenvalue weighted by Gasteiger charge is -2.11. The summed E-state index contributed by atoms with van der Waals surface area (Å²) in [5.41, 5.74) is 10.0. The highest BCUT2D eigenvalue weighted by Crippen LogP contribution is 2.21. The fourth-order valence-corrected chi connectivity index (χ4v) is 2.54. The van der Waals surface area contributed by atoms with Gasteiger partial charge in [-0.25, -0.2) is 0 Å². The van der Waals surface area contributed by atoms with Crippen molar-refractivity contribution in [3.05, 3.63) is 51.4 Å². The monoisotopic (exact) mass is 353 g/mol. The Morgan fingerprint density at radius 3 is 2.89 bits per heavy atom. The van der Waals surface area contributed by atoms with E-state index in [4.69, 9.17) is 5.73 Å². The van der Waals surface area contributed by atoms with Crippen molar-refractivity contribution >= 4 is 34.0 Å². The van der Waals surface area contributed by atoms with Crippen LogP contribution in [0.4, 0.5) is 11.4 Å². The van der Waals surface area contributed by atoms with Crippen molar-refractivity contribution in [1.82, 2.24) is 4.98 Å². The SMILES string of the molecule is CCc1cccnc1CNc1ccc(N)cc1I. The van der Waals surface area contributed by atoms with Crippen LogP contribution in [-0.2, 0) is 13.0 Å². The first-order chi connectivity index (χ1) is 8.70. The Balaban J connectivity index is 2.11. The molecule has 0 atom stereocenters. The number of aromatic nitrogens is 1. The number of hydrogen-bond acceptors (Lipinski definition) is 3. The summed E-state index contributed by atoms with van der Waals surface area (Å²) in [5.74, 6) is 0. The van der Waals surface area contributed by atoms with Crippen molar-refractivity contribution in [2.75, 3.05) is 11.1 Å². The van der Waals surface area contributed by atoms with Crippen LogP contribution in [0.3, 0.4) is 0 Å². The predicted molar refractivity (Wildman–Crippen MR) is 84.5 cm³/mol. The normalized spacial score (nSPS) is 10.3. The number of pyridine rings is 1. The molecule has 94 valence electrons. The highest BCUT2D eigenvalue weighted by atomic mass is 127. The minimum absolute atomic E-state index is 0.740. The molecule has 0 fully saturated rings. The van der Waals surface area contributed by atoms with Gasteiger partial charge in [-0.15, -0.1) is 0 Å². The number of nitrogens with zero attached hydrogens (tertiary/aromatic N) is 1. The summed E-state index contributed by atoms with van der Waals surface area (Å²) in [6.45, 7) is 2.89. The van der Waals surface area contributed by atoms with Gasteiger partial charge in [-0.3, -0.25) is 4.98 Å². The summed E-state index contributed by atoms with van der Waals surface area (Å²) < 4.78 is 1.13. The summed E-state index contributed by atoms with van der Waals surface area (Å²) >= 11 is 2.28. The second kappa shape index (κ2) is 6.04. The first-order valence-corrected chi connectivity index (χ1v) is 7.00. The lowest BCUT2D eigenvalue weighted by atomic mass is 10.1. The predicted octanol–water partition coefficient (Wildman–Crippen LogP) is 3.44. The van der Waals surface area contributed by atoms with Crippen molar-refractivity contribution < 1.29 is 0 Å². The maximum Gasteiger partial charge on any atom is 0.0626 e. The lowest BCUT2D eigenvalue weighted by molar-refractivity contribution is 0.971. The molecule has 3 N–H and O–H groups in total. The molecule has 0 saturated carbocycles. The van der Waals surface area contributed by atoms with Gasteiger partial charge < -0.3 is 11.1 Å². The Labute approximate surface area is 121 Å². The third-order valence-electron chi connectivity index (χ3n) is 2.80. The van der Waals surface area contributed by atoms with Gasteiger partial charge in [0.25, 0.3) is 0 Å².